The van der Waals surface area contributed by atoms with E-state index >= 15 is 0 Å². The number of hydrogen-bond donors (Lipinski definition) is 3. The normalized spacial score (nSPS) is 20.9. The number of rotatable bonds is 6. The molecule has 6 heteroatoms. The van der Waals surface area contributed by atoms with Crippen molar-refractivity contribution in [3.05, 3.63) is 34.9 Å². The van der Waals surface area contributed by atoms with Crippen LogP contribution in [0.1, 0.15) is 31.7 Å². The molecule has 4 nitrogen and oxygen atoms in total. The van der Waals surface area contributed by atoms with E-state index < -0.39 is 0 Å². The van der Waals surface area contributed by atoms with Gasteiger partial charge in [0, 0.05) is 30.6 Å². The maximum Gasteiger partial charge on any atom is 0.191 e. The van der Waals surface area contributed by atoms with E-state index in [-0.39, 0.29) is 30.1 Å². The highest BCUT2D eigenvalue weighted by molar-refractivity contribution is 14.0. The zero-order chi connectivity index (χ0) is 15.8. The van der Waals surface area contributed by atoms with E-state index in [9.17, 15) is 5.11 Å². The monoisotopic (exact) mass is 451 g/mol. The maximum atomic E-state index is 9.86. The van der Waals surface area contributed by atoms with Crippen molar-refractivity contribution in [3.8, 4) is 0 Å². The van der Waals surface area contributed by atoms with Gasteiger partial charge in [0.25, 0.3) is 0 Å². The number of nitrogens with one attached hydrogen (secondary N) is 2. The maximum absolute atomic E-state index is 9.86. The molecule has 23 heavy (non-hydrogen) atoms. The fraction of sp³-hybridized carbons (Fsp3) is 0.588. The molecule has 0 aromatic heterocycles. The van der Waals surface area contributed by atoms with Crippen LogP contribution in [-0.2, 0) is 6.42 Å². The van der Waals surface area contributed by atoms with Crippen molar-refractivity contribution in [3.63, 3.8) is 0 Å². The molecular formula is C17H27ClIN3O. The number of aliphatic hydroxyl groups is 1. The van der Waals surface area contributed by atoms with Gasteiger partial charge < -0.3 is 15.7 Å². The number of hydrogen-bond acceptors (Lipinski definition) is 2. The summed E-state index contributed by atoms with van der Waals surface area (Å²) in [7, 11) is 0. The molecule has 1 saturated carbocycles. The molecule has 0 bridgehead atoms. The fourth-order valence-corrected chi connectivity index (χ4v) is 3.01. The van der Waals surface area contributed by atoms with E-state index in [0.717, 1.165) is 49.8 Å². The Morgan fingerprint density at radius 3 is 2.83 bits per heavy atom. The molecule has 1 aromatic carbocycles. The number of guanidine groups is 1. The second-order valence-corrected chi connectivity index (χ2v) is 6.22. The van der Waals surface area contributed by atoms with Gasteiger partial charge in [-0.1, -0.05) is 30.2 Å². The van der Waals surface area contributed by atoms with Gasteiger partial charge in [-0.05, 0) is 43.9 Å². The lowest BCUT2D eigenvalue weighted by Gasteiger charge is -2.15. The highest BCUT2D eigenvalue weighted by Gasteiger charge is 2.24. The summed E-state index contributed by atoms with van der Waals surface area (Å²) in [5.41, 5.74) is 1.21. The van der Waals surface area contributed by atoms with Gasteiger partial charge >= 0.3 is 0 Å². The average Bonchev–Trinajstić information content (AvgIpc) is 2.90. The summed E-state index contributed by atoms with van der Waals surface area (Å²) in [4.78, 5) is 4.60. The molecule has 2 rings (SSSR count). The first-order chi connectivity index (χ1) is 10.7. The zero-order valence-corrected chi connectivity index (χ0v) is 16.7. The molecule has 0 aliphatic heterocycles. The summed E-state index contributed by atoms with van der Waals surface area (Å²) >= 11 is 5.99. The predicted octanol–water partition coefficient (Wildman–Crippen LogP) is 3.22. The minimum atomic E-state index is -0.182. The number of aliphatic imine (C=N–C) groups is 1. The van der Waals surface area contributed by atoms with Crippen LogP contribution in [0, 0.1) is 5.92 Å². The highest BCUT2D eigenvalue weighted by Crippen LogP contribution is 2.25. The minimum absolute atomic E-state index is 0. The van der Waals surface area contributed by atoms with E-state index in [2.05, 4.69) is 28.6 Å². The number of nitrogens with zero attached hydrogens (tertiary/aromatic N) is 1. The third kappa shape index (κ3) is 7.27. The second kappa shape index (κ2) is 11.1. The molecule has 0 spiro atoms. The lowest BCUT2D eigenvalue weighted by molar-refractivity contribution is 0.136. The molecule has 0 radical (unpaired) electrons. The van der Waals surface area contributed by atoms with E-state index in [1.54, 1.807) is 0 Å². The van der Waals surface area contributed by atoms with E-state index in [1.165, 1.54) is 5.56 Å². The lowest BCUT2D eigenvalue weighted by Crippen LogP contribution is -2.39. The van der Waals surface area contributed by atoms with Crippen molar-refractivity contribution >= 4 is 41.5 Å². The summed E-state index contributed by atoms with van der Waals surface area (Å²) < 4.78 is 0. The molecule has 0 heterocycles. The van der Waals surface area contributed by atoms with Crippen LogP contribution >= 0.6 is 35.6 Å². The summed E-state index contributed by atoms with van der Waals surface area (Å²) in [5, 5.41) is 17.2. The van der Waals surface area contributed by atoms with Gasteiger partial charge in [0.15, 0.2) is 5.96 Å². The Bertz CT molecular complexity index is 498. The fourth-order valence-electron chi connectivity index (χ4n) is 2.80. The van der Waals surface area contributed by atoms with Gasteiger partial charge in [-0.3, -0.25) is 4.99 Å². The van der Waals surface area contributed by atoms with Crippen molar-refractivity contribution < 1.29 is 5.11 Å². The Labute approximate surface area is 161 Å². The molecule has 1 aliphatic rings. The first-order valence-corrected chi connectivity index (χ1v) is 8.51. The number of benzene rings is 1. The molecule has 130 valence electrons. The van der Waals surface area contributed by atoms with Crippen LogP contribution in [0.3, 0.4) is 0 Å². The number of aliphatic hydroxyl groups excluding tert-OH is 1. The van der Waals surface area contributed by atoms with Crippen molar-refractivity contribution in [1.29, 1.82) is 0 Å². The van der Waals surface area contributed by atoms with E-state index in [1.807, 2.05) is 18.2 Å². The second-order valence-electron chi connectivity index (χ2n) is 5.78. The molecular weight excluding hydrogens is 425 g/mol. The SMILES string of the molecule is CCNC(=NCC1CCCC1O)NCCc1cccc(Cl)c1.I. The van der Waals surface area contributed by atoms with E-state index in [0.29, 0.717) is 12.5 Å². The molecule has 2 unspecified atom stereocenters. The van der Waals surface area contributed by atoms with Gasteiger partial charge in [-0.2, -0.15) is 0 Å². The lowest BCUT2D eigenvalue weighted by atomic mass is 10.1. The van der Waals surface area contributed by atoms with Gasteiger partial charge in [0.1, 0.15) is 0 Å². The van der Waals surface area contributed by atoms with Gasteiger partial charge in [0.05, 0.1) is 6.10 Å². The van der Waals surface area contributed by atoms with Crippen molar-refractivity contribution in [2.24, 2.45) is 10.9 Å². The minimum Gasteiger partial charge on any atom is -0.393 e. The summed E-state index contributed by atoms with van der Waals surface area (Å²) in [6.45, 7) is 4.38. The van der Waals surface area contributed by atoms with Crippen LogP contribution in [-0.4, -0.2) is 36.8 Å². The highest BCUT2D eigenvalue weighted by atomic mass is 127. The average molecular weight is 452 g/mol. The van der Waals surface area contributed by atoms with Crippen LogP contribution in [0.15, 0.2) is 29.3 Å². The predicted molar refractivity (Wildman–Crippen MR) is 108 cm³/mol. The standard InChI is InChI=1S/C17H26ClN3O.HI/c1-2-19-17(21-12-14-6-4-8-16(14)22)20-10-9-13-5-3-7-15(18)11-13;/h3,5,7,11,14,16,22H,2,4,6,8-10,12H2,1H3,(H2,19,20,21);1H. The Morgan fingerprint density at radius 1 is 1.35 bits per heavy atom. The summed E-state index contributed by atoms with van der Waals surface area (Å²) in [6, 6.07) is 7.92. The number of halogens is 2. The molecule has 1 aromatic rings. The smallest absolute Gasteiger partial charge is 0.191 e. The summed E-state index contributed by atoms with van der Waals surface area (Å²) in [6.07, 6.45) is 3.82. The van der Waals surface area contributed by atoms with E-state index in [4.69, 9.17) is 11.6 Å². The Balaban J connectivity index is 0.00000264. The van der Waals surface area contributed by atoms with Crippen LogP contribution in [0.5, 0.6) is 0 Å². The first-order valence-electron chi connectivity index (χ1n) is 8.13. The van der Waals surface area contributed by atoms with Gasteiger partial charge in [-0.15, -0.1) is 24.0 Å². The van der Waals surface area contributed by atoms with Crippen molar-refractivity contribution in [2.45, 2.75) is 38.7 Å². The Morgan fingerprint density at radius 2 is 2.17 bits per heavy atom. The third-order valence-corrected chi connectivity index (χ3v) is 4.28. The van der Waals surface area contributed by atoms with Crippen molar-refractivity contribution in [2.75, 3.05) is 19.6 Å². The Kier molecular flexibility index (Phi) is 9.90. The van der Waals surface area contributed by atoms with Crippen LogP contribution in [0.25, 0.3) is 0 Å². The molecule has 3 N–H and O–H groups in total. The van der Waals surface area contributed by atoms with Gasteiger partial charge in [-0.25, -0.2) is 0 Å². The molecule has 1 aliphatic carbocycles. The zero-order valence-electron chi connectivity index (χ0n) is 13.6. The van der Waals surface area contributed by atoms with Crippen LogP contribution in [0.4, 0.5) is 0 Å². The third-order valence-electron chi connectivity index (χ3n) is 4.04. The molecule has 0 saturated heterocycles. The Hall–Kier alpha value is -0.530. The summed E-state index contributed by atoms with van der Waals surface area (Å²) in [5.74, 6) is 1.13. The van der Waals surface area contributed by atoms with Crippen LogP contribution < -0.4 is 10.6 Å². The topological polar surface area (TPSA) is 56.7 Å². The molecule has 0 amide bonds. The van der Waals surface area contributed by atoms with Gasteiger partial charge in [0.2, 0.25) is 0 Å². The quantitative estimate of drug-likeness (QED) is 0.354. The largest absolute Gasteiger partial charge is 0.393 e. The molecule has 2 atom stereocenters. The van der Waals surface area contributed by atoms with Crippen molar-refractivity contribution in [1.82, 2.24) is 10.6 Å². The molecule has 1 fully saturated rings. The van der Waals surface area contributed by atoms with Crippen LogP contribution in [0.2, 0.25) is 5.02 Å². The first kappa shape index (κ1) is 20.5.